The summed E-state index contributed by atoms with van der Waals surface area (Å²) in [6.07, 6.45) is 7.75. The first-order chi connectivity index (χ1) is 11.5. The van der Waals surface area contributed by atoms with Gasteiger partial charge in [-0.15, -0.1) is 24.0 Å². The van der Waals surface area contributed by atoms with E-state index in [1.165, 1.54) is 38.1 Å². The highest BCUT2D eigenvalue weighted by molar-refractivity contribution is 14.0. The molecule has 0 atom stereocenters. The number of alkyl halides is 2. The summed E-state index contributed by atoms with van der Waals surface area (Å²) < 4.78 is 26.6. The van der Waals surface area contributed by atoms with Crippen LogP contribution in [-0.2, 0) is 6.54 Å². The largest absolute Gasteiger partial charge is 0.357 e. The van der Waals surface area contributed by atoms with Crippen LogP contribution in [-0.4, -0.2) is 40.5 Å². The van der Waals surface area contributed by atoms with Gasteiger partial charge in [0.1, 0.15) is 12.4 Å². The highest BCUT2D eigenvalue weighted by Gasteiger charge is 2.20. The van der Waals surface area contributed by atoms with Gasteiger partial charge in [-0.1, -0.05) is 19.8 Å². The summed E-state index contributed by atoms with van der Waals surface area (Å²) in [6, 6.07) is 0. The molecule has 2 rings (SSSR count). The van der Waals surface area contributed by atoms with Crippen LogP contribution in [0.5, 0.6) is 0 Å². The van der Waals surface area contributed by atoms with Gasteiger partial charge in [-0.05, 0) is 31.6 Å². The van der Waals surface area contributed by atoms with E-state index < -0.39 is 6.55 Å². The van der Waals surface area contributed by atoms with Gasteiger partial charge in [0.15, 0.2) is 5.96 Å². The van der Waals surface area contributed by atoms with Crippen LogP contribution >= 0.6 is 24.0 Å². The van der Waals surface area contributed by atoms with Gasteiger partial charge in [0, 0.05) is 32.5 Å². The fourth-order valence-corrected chi connectivity index (χ4v) is 3.24. The van der Waals surface area contributed by atoms with Crippen molar-refractivity contribution in [2.75, 3.05) is 20.1 Å². The molecule has 25 heavy (non-hydrogen) atoms. The maximum atomic E-state index is 12.9. The van der Waals surface area contributed by atoms with E-state index >= 15 is 0 Å². The molecule has 0 spiro atoms. The number of hydrogen-bond donors (Lipinski definition) is 1. The van der Waals surface area contributed by atoms with Crippen molar-refractivity contribution in [2.24, 2.45) is 16.8 Å². The van der Waals surface area contributed by atoms with E-state index in [4.69, 9.17) is 0 Å². The van der Waals surface area contributed by atoms with E-state index in [1.54, 1.807) is 0 Å². The second-order valence-electron chi connectivity index (χ2n) is 6.70. The molecule has 1 aromatic rings. The Kier molecular flexibility index (Phi) is 9.66. The Morgan fingerprint density at radius 2 is 2.08 bits per heavy atom. The minimum absolute atomic E-state index is 0. The SMILES string of the molecule is CCNC(=NCc1nccn1C(F)F)N(C)CC1CCC(C)CC1.I. The lowest BCUT2D eigenvalue weighted by Crippen LogP contribution is -2.41. The molecule has 0 amide bonds. The zero-order valence-electron chi connectivity index (χ0n) is 15.3. The molecular weight excluding hydrogens is 439 g/mol. The van der Waals surface area contributed by atoms with Crippen LogP contribution in [0.25, 0.3) is 0 Å². The standard InChI is InChI=1S/C17H29F2N5.HI/c1-4-20-17(22-11-15-21-9-10-24(15)16(18)19)23(3)12-14-7-5-13(2)6-8-14;/h9-10,13-14,16H,4-8,11-12H2,1-3H3,(H,20,22);1H. The van der Waals surface area contributed by atoms with Crippen molar-refractivity contribution in [2.45, 2.75) is 52.6 Å². The number of nitrogens with zero attached hydrogens (tertiary/aromatic N) is 4. The molecule has 0 saturated heterocycles. The summed E-state index contributed by atoms with van der Waals surface area (Å²) in [5.41, 5.74) is 0. The number of guanidine groups is 1. The first kappa shape index (κ1) is 22.1. The predicted octanol–water partition coefficient (Wildman–Crippen LogP) is 4.12. The minimum atomic E-state index is -2.58. The average Bonchev–Trinajstić information content (AvgIpc) is 3.02. The number of halogens is 3. The molecule has 1 heterocycles. The molecule has 0 radical (unpaired) electrons. The van der Waals surface area contributed by atoms with E-state index in [0.29, 0.717) is 5.92 Å². The number of aromatic nitrogens is 2. The van der Waals surface area contributed by atoms with E-state index in [0.717, 1.165) is 29.5 Å². The highest BCUT2D eigenvalue weighted by atomic mass is 127. The molecule has 1 saturated carbocycles. The van der Waals surface area contributed by atoms with Gasteiger partial charge in [0.2, 0.25) is 0 Å². The van der Waals surface area contributed by atoms with Gasteiger partial charge in [-0.25, -0.2) is 9.98 Å². The maximum Gasteiger partial charge on any atom is 0.319 e. The lowest BCUT2D eigenvalue weighted by molar-refractivity contribution is 0.0671. The molecule has 0 aliphatic heterocycles. The Bertz CT molecular complexity index is 527. The van der Waals surface area contributed by atoms with Gasteiger partial charge >= 0.3 is 6.55 Å². The number of nitrogens with one attached hydrogen (secondary N) is 1. The van der Waals surface area contributed by atoms with Gasteiger partial charge in [0.05, 0.1) is 0 Å². The molecule has 0 unspecified atom stereocenters. The summed E-state index contributed by atoms with van der Waals surface area (Å²) >= 11 is 0. The summed E-state index contributed by atoms with van der Waals surface area (Å²) in [6.45, 7) is 3.58. The molecule has 1 fully saturated rings. The number of rotatable bonds is 6. The molecule has 5 nitrogen and oxygen atoms in total. The van der Waals surface area contributed by atoms with Gasteiger partial charge in [-0.3, -0.25) is 4.57 Å². The number of imidazole rings is 1. The topological polar surface area (TPSA) is 45.5 Å². The van der Waals surface area contributed by atoms with Crippen molar-refractivity contribution >= 4 is 29.9 Å². The monoisotopic (exact) mass is 469 g/mol. The molecular formula is C17H30F2IN5. The Morgan fingerprint density at radius 3 is 2.68 bits per heavy atom. The molecule has 1 aromatic heterocycles. The van der Waals surface area contributed by atoms with Crippen LogP contribution < -0.4 is 5.32 Å². The Balaban J connectivity index is 0.00000312. The van der Waals surface area contributed by atoms with Crippen molar-refractivity contribution in [1.29, 1.82) is 0 Å². The quantitative estimate of drug-likeness (QED) is 0.388. The van der Waals surface area contributed by atoms with Crippen molar-refractivity contribution in [3.63, 3.8) is 0 Å². The first-order valence-corrected chi connectivity index (χ1v) is 8.80. The van der Waals surface area contributed by atoms with Crippen LogP contribution in [0.2, 0.25) is 0 Å². The number of hydrogen-bond acceptors (Lipinski definition) is 2. The van der Waals surface area contributed by atoms with Crippen LogP contribution in [0.3, 0.4) is 0 Å². The van der Waals surface area contributed by atoms with Gasteiger partial charge in [-0.2, -0.15) is 8.78 Å². The second kappa shape index (κ2) is 10.9. The normalized spacial score (nSPS) is 21.1. The third-order valence-electron chi connectivity index (χ3n) is 4.69. The Morgan fingerprint density at radius 1 is 1.40 bits per heavy atom. The molecule has 1 aliphatic carbocycles. The summed E-state index contributed by atoms with van der Waals surface area (Å²) in [7, 11) is 2.01. The molecule has 1 N–H and O–H groups in total. The smallest absolute Gasteiger partial charge is 0.319 e. The minimum Gasteiger partial charge on any atom is -0.357 e. The van der Waals surface area contributed by atoms with E-state index in [9.17, 15) is 8.78 Å². The Labute approximate surface area is 166 Å². The Hall–Kier alpha value is -0.930. The summed E-state index contributed by atoms with van der Waals surface area (Å²) in [4.78, 5) is 10.6. The molecule has 144 valence electrons. The van der Waals surface area contributed by atoms with Crippen LogP contribution in [0.1, 0.15) is 51.9 Å². The molecule has 1 aliphatic rings. The van der Waals surface area contributed by atoms with Crippen molar-refractivity contribution < 1.29 is 8.78 Å². The van der Waals surface area contributed by atoms with E-state index in [1.807, 2.05) is 14.0 Å². The lowest BCUT2D eigenvalue weighted by atomic mass is 9.83. The van der Waals surface area contributed by atoms with Crippen molar-refractivity contribution in [3.05, 3.63) is 18.2 Å². The fourth-order valence-electron chi connectivity index (χ4n) is 3.24. The molecule has 0 aromatic carbocycles. The first-order valence-electron chi connectivity index (χ1n) is 8.80. The van der Waals surface area contributed by atoms with Crippen molar-refractivity contribution in [1.82, 2.24) is 19.8 Å². The van der Waals surface area contributed by atoms with E-state index in [-0.39, 0.29) is 36.3 Å². The molecule has 0 bridgehead atoms. The van der Waals surface area contributed by atoms with Crippen LogP contribution in [0.4, 0.5) is 8.78 Å². The second-order valence-corrected chi connectivity index (χ2v) is 6.70. The fraction of sp³-hybridized carbons (Fsp3) is 0.765. The maximum absolute atomic E-state index is 12.9. The summed E-state index contributed by atoms with van der Waals surface area (Å²) in [5.74, 6) is 2.54. The molecule has 8 heteroatoms. The van der Waals surface area contributed by atoms with Crippen LogP contribution in [0.15, 0.2) is 17.4 Å². The van der Waals surface area contributed by atoms with Gasteiger partial charge < -0.3 is 10.2 Å². The highest BCUT2D eigenvalue weighted by Crippen LogP contribution is 2.28. The number of aliphatic imine (C=N–C) groups is 1. The summed E-state index contributed by atoms with van der Waals surface area (Å²) in [5, 5.41) is 3.24. The predicted molar refractivity (Wildman–Crippen MR) is 107 cm³/mol. The lowest BCUT2D eigenvalue weighted by Gasteiger charge is -2.31. The van der Waals surface area contributed by atoms with Crippen molar-refractivity contribution in [3.8, 4) is 0 Å². The zero-order valence-corrected chi connectivity index (χ0v) is 17.6. The third kappa shape index (κ3) is 6.71. The van der Waals surface area contributed by atoms with E-state index in [2.05, 4.69) is 27.1 Å². The van der Waals surface area contributed by atoms with Gasteiger partial charge in [0.25, 0.3) is 0 Å². The average molecular weight is 469 g/mol. The third-order valence-corrected chi connectivity index (χ3v) is 4.69. The van der Waals surface area contributed by atoms with Crippen LogP contribution in [0, 0.1) is 11.8 Å². The zero-order chi connectivity index (χ0) is 17.5.